The average molecular weight is 199 g/mol. The summed E-state index contributed by atoms with van der Waals surface area (Å²) in [6.45, 7) is 2.74. The van der Waals surface area contributed by atoms with Crippen molar-refractivity contribution in [1.82, 2.24) is 4.90 Å². The maximum Gasteiger partial charge on any atom is 0.195 e. The number of unbranched alkanes of at least 4 members (excludes halogenated alkanes) is 4. The smallest absolute Gasteiger partial charge is 0.195 e. The van der Waals surface area contributed by atoms with Crippen LogP contribution >= 0.6 is 0 Å². The highest BCUT2D eigenvalue weighted by molar-refractivity contribution is 5.94. The van der Waals surface area contributed by atoms with Crippen LogP contribution in [0.3, 0.4) is 0 Å². The first-order valence-corrected chi connectivity index (χ1v) is 5.05. The number of guanidine groups is 2. The Labute approximate surface area is 85.5 Å². The molecule has 0 aliphatic rings. The van der Waals surface area contributed by atoms with Crippen LogP contribution in [0.1, 0.15) is 39.0 Å². The summed E-state index contributed by atoms with van der Waals surface area (Å²) in [6.07, 6.45) is 5.67. The molecule has 0 saturated heterocycles. The molecule has 5 nitrogen and oxygen atoms in total. The SMILES string of the molecule is CCCCCCCN(C(=N)N)C(=N)N. The summed E-state index contributed by atoms with van der Waals surface area (Å²) < 4.78 is 0. The van der Waals surface area contributed by atoms with Crippen molar-refractivity contribution >= 4 is 11.9 Å². The van der Waals surface area contributed by atoms with E-state index in [9.17, 15) is 0 Å². The molecule has 0 aliphatic heterocycles. The van der Waals surface area contributed by atoms with Gasteiger partial charge < -0.3 is 11.5 Å². The van der Waals surface area contributed by atoms with Gasteiger partial charge in [-0.2, -0.15) is 0 Å². The van der Waals surface area contributed by atoms with Gasteiger partial charge in [-0.05, 0) is 6.42 Å². The molecule has 0 atom stereocenters. The predicted octanol–water partition coefficient (Wildman–Crippen LogP) is 1.05. The molecule has 0 rings (SSSR count). The summed E-state index contributed by atoms with van der Waals surface area (Å²) in [5.41, 5.74) is 10.5. The Morgan fingerprint density at radius 1 is 1.00 bits per heavy atom. The molecule has 0 fully saturated rings. The second kappa shape index (κ2) is 7.17. The summed E-state index contributed by atoms with van der Waals surface area (Å²) in [7, 11) is 0. The Kier molecular flexibility index (Phi) is 6.53. The maximum absolute atomic E-state index is 7.18. The summed E-state index contributed by atoms with van der Waals surface area (Å²) in [6, 6.07) is 0. The van der Waals surface area contributed by atoms with E-state index < -0.39 is 0 Å². The molecular formula is C9H21N5. The fourth-order valence-corrected chi connectivity index (χ4v) is 1.24. The fraction of sp³-hybridized carbons (Fsp3) is 0.778. The summed E-state index contributed by atoms with van der Waals surface area (Å²) in [4.78, 5) is 1.31. The van der Waals surface area contributed by atoms with Gasteiger partial charge in [0.2, 0.25) is 0 Å². The van der Waals surface area contributed by atoms with E-state index in [0.717, 1.165) is 12.8 Å². The van der Waals surface area contributed by atoms with E-state index in [-0.39, 0.29) is 11.9 Å². The molecule has 0 aromatic rings. The van der Waals surface area contributed by atoms with Crippen LogP contribution in [0.2, 0.25) is 0 Å². The Balaban J connectivity index is 3.62. The molecule has 0 spiro atoms. The molecule has 0 bridgehead atoms. The molecule has 0 aliphatic carbocycles. The van der Waals surface area contributed by atoms with E-state index in [1.165, 1.54) is 24.2 Å². The van der Waals surface area contributed by atoms with Crippen molar-refractivity contribution in [3.8, 4) is 0 Å². The van der Waals surface area contributed by atoms with E-state index in [1.807, 2.05) is 0 Å². The molecule has 0 heterocycles. The topological polar surface area (TPSA) is 103 Å². The van der Waals surface area contributed by atoms with E-state index in [0.29, 0.717) is 6.54 Å². The largest absolute Gasteiger partial charge is 0.370 e. The first-order chi connectivity index (χ1) is 6.59. The lowest BCUT2D eigenvalue weighted by atomic mass is 10.1. The molecule has 0 aromatic carbocycles. The minimum absolute atomic E-state index is 0.145. The Hall–Kier alpha value is -1.26. The van der Waals surface area contributed by atoms with Gasteiger partial charge in [-0.3, -0.25) is 15.7 Å². The first-order valence-electron chi connectivity index (χ1n) is 5.05. The summed E-state index contributed by atoms with van der Waals surface area (Å²) in [5.74, 6) is -0.291. The number of hydrogen-bond donors (Lipinski definition) is 4. The van der Waals surface area contributed by atoms with Gasteiger partial charge in [-0.15, -0.1) is 0 Å². The van der Waals surface area contributed by atoms with Crippen LogP contribution in [-0.2, 0) is 0 Å². The highest BCUT2D eigenvalue weighted by Crippen LogP contribution is 2.03. The average Bonchev–Trinajstić information content (AvgIpc) is 2.09. The predicted molar refractivity (Wildman–Crippen MR) is 59.3 cm³/mol. The van der Waals surface area contributed by atoms with Crippen molar-refractivity contribution in [3.05, 3.63) is 0 Å². The Morgan fingerprint density at radius 2 is 1.50 bits per heavy atom. The molecule has 5 heteroatoms. The normalized spacial score (nSPS) is 9.79. The van der Waals surface area contributed by atoms with E-state index in [2.05, 4.69) is 6.92 Å². The van der Waals surface area contributed by atoms with Gasteiger partial charge in [0.25, 0.3) is 0 Å². The quantitative estimate of drug-likeness (QED) is 0.292. The maximum atomic E-state index is 7.18. The van der Waals surface area contributed by atoms with Crippen molar-refractivity contribution < 1.29 is 0 Å². The van der Waals surface area contributed by atoms with Crippen LogP contribution in [0.25, 0.3) is 0 Å². The molecule has 0 amide bonds. The van der Waals surface area contributed by atoms with Gasteiger partial charge in [0, 0.05) is 6.54 Å². The van der Waals surface area contributed by atoms with Crippen LogP contribution in [0.4, 0.5) is 0 Å². The molecule has 0 radical (unpaired) electrons. The molecule has 82 valence electrons. The lowest BCUT2D eigenvalue weighted by molar-refractivity contribution is 0.522. The second-order valence-corrected chi connectivity index (χ2v) is 3.34. The zero-order valence-electron chi connectivity index (χ0n) is 8.84. The van der Waals surface area contributed by atoms with Crippen LogP contribution in [0.15, 0.2) is 0 Å². The van der Waals surface area contributed by atoms with Crippen molar-refractivity contribution in [2.24, 2.45) is 11.5 Å². The molecule has 0 aromatic heterocycles. The van der Waals surface area contributed by atoms with Gasteiger partial charge in [-0.1, -0.05) is 32.6 Å². The third-order valence-electron chi connectivity index (χ3n) is 2.07. The zero-order chi connectivity index (χ0) is 11.0. The standard InChI is InChI=1S/C9H21N5/c1-2-3-4-5-6-7-14(8(10)11)9(12)13/h2-7H2,1H3,(H3,10,11)(H3,12,13). The molecule has 0 saturated carbocycles. The van der Waals surface area contributed by atoms with E-state index in [4.69, 9.17) is 22.3 Å². The van der Waals surface area contributed by atoms with E-state index in [1.54, 1.807) is 0 Å². The third kappa shape index (κ3) is 5.40. The zero-order valence-corrected chi connectivity index (χ0v) is 8.84. The van der Waals surface area contributed by atoms with E-state index >= 15 is 0 Å². The van der Waals surface area contributed by atoms with Crippen LogP contribution < -0.4 is 11.5 Å². The van der Waals surface area contributed by atoms with Gasteiger partial charge in [0.1, 0.15) is 0 Å². The fourth-order valence-electron chi connectivity index (χ4n) is 1.24. The third-order valence-corrected chi connectivity index (χ3v) is 2.07. The van der Waals surface area contributed by atoms with Crippen molar-refractivity contribution in [1.29, 1.82) is 10.8 Å². The number of hydrogen-bond acceptors (Lipinski definition) is 2. The minimum Gasteiger partial charge on any atom is -0.370 e. The Morgan fingerprint density at radius 3 is 1.93 bits per heavy atom. The molecular weight excluding hydrogens is 178 g/mol. The second-order valence-electron chi connectivity index (χ2n) is 3.34. The highest BCUT2D eigenvalue weighted by atomic mass is 15.3. The van der Waals surface area contributed by atoms with Crippen LogP contribution in [0, 0.1) is 10.8 Å². The summed E-state index contributed by atoms with van der Waals surface area (Å²) in [5, 5.41) is 14.4. The Bertz CT molecular complexity index is 176. The van der Waals surface area contributed by atoms with Crippen molar-refractivity contribution in [2.45, 2.75) is 39.0 Å². The van der Waals surface area contributed by atoms with Crippen LogP contribution in [0.5, 0.6) is 0 Å². The monoisotopic (exact) mass is 199 g/mol. The van der Waals surface area contributed by atoms with Gasteiger partial charge in [0.15, 0.2) is 11.9 Å². The van der Waals surface area contributed by atoms with Crippen molar-refractivity contribution in [3.63, 3.8) is 0 Å². The lowest BCUT2D eigenvalue weighted by Crippen LogP contribution is -2.45. The van der Waals surface area contributed by atoms with Gasteiger partial charge in [0.05, 0.1) is 0 Å². The molecule has 0 unspecified atom stereocenters. The van der Waals surface area contributed by atoms with Crippen LogP contribution in [-0.4, -0.2) is 23.4 Å². The molecule has 14 heavy (non-hydrogen) atoms. The van der Waals surface area contributed by atoms with Gasteiger partial charge in [-0.25, -0.2) is 0 Å². The number of rotatable bonds is 6. The minimum atomic E-state index is -0.145. The lowest BCUT2D eigenvalue weighted by Gasteiger charge is -2.19. The summed E-state index contributed by atoms with van der Waals surface area (Å²) >= 11 is 0. The number of nitrogens with zero attached hydrogens (tertiary/aromatic N) is 1. The first kappa shape index (κ1) is 12.7. The number of nitrogens with two attached hydrogens (primary N) is 2. The highest BCUT2D eigenvalue weighted by Gasteiger charge is 2.08. The molecule has 6 N–H and O–H groups in total. The number of nitrogens with one attached hydrogen (secondary N) is 2. The van der Waals surface area contributed by atoms with Gasteiger partial charge >= 0.3 is 0 Å². The van der Waals surface area contributed by atoms with Crippen molar-refractivity contribution in [2.75, 3.05) is 6.54 Å².